The summed E-state index contributed by atoms with van der Waals surface area (Å²) in [6, 6.07) is -0.442. The van der Waals surface area contributed by atoms with Crippen molar-refractivity contribution in [3.05, 3.63) is 0 Å². The first-order valence-corrected chi connectivity index (χ1v) is 5.68. The standard InChI is InChI=1S/C7H15NO2S.ClH2N/c1-3-10-7(9)6(8)4-5-11-2;1-2/h6H,3-5,8H2,1-2H3;2H2/t6-;/m0./s1. The first-order valence-electron chi connectivity index (χ1n) is 3.85. The lowest BCUT2D eigenvalue weighted by Gasteiger charge is -2.08. The highest BCUT2D eigenvalue weighted by molar-refractivity contribution is 7.98. The highest BCUT2D eigenvalue weighted by Gasteiger charge is 2.12. The first kappa shape index (κ1) is 15.5. The van der Waals surface area contributed by atoms with E-state index >= 15 is 0 Å². The Morgan fingerprint density at radius 1 is 1.62 bits per heavy atom. The topological polar surface area (TPSA) is 78.3 Å². The van der Waals surface area contributed by atoms with Gasteiger partial charge in [-0.3, -0.25) is 4.79 Å². The molecule has 0 amide bonds. The quantitative estimate of drug-likeness (QED) is 0.536. The fourth-order valence-corrected chi connectivity index (χ4v) is 1.10. The number of hydrogen-bond donors (Lipinski definition) is 2. The van der Waals surface area contributed by atoms with Crippen molar-refractivity contribution in [3.8, 4) is 0 Å². The summed E-state index contributed by atoms with van der Waals surface area (Å²) in [5.74, 6) is 0.613. The van der Waals surface area contributed by atoms with Crippen LogP contribution in [0.3, 0.4) is 0 Å². The molecule has 0 aromatic rings. The van der Waals surface area contributed by atoms with Gasteiger partial charge in [-0.25, -0.2) is 5.25 Å². The van der Waals surface area contributed by atoms with E-state index in [0.717, 1.165) is 5.75 Å². The number of carbonyl (C=O) groups excluding carboxylic acids is 1. The van der Waals surface area contributed by atoms with E-state index in [4.69, 9.17) is 10.5 Å². The van der Waals surface area contributed by atoms with Crippen LogP contribution in [0.25, 0.3) is 0 Å². The molecule has 13 heavy (non-hydrogen) atoms. The Bertz CT molecular complexity index is 127. The lowest BCUT2D eigenvalue weighted by atomic mass is 10.2. The number of ether oxygens (including phenoxy) is 1. The van der Waals surface area contributed by atoms with Gasteiger partial charge in [-0.2, -0.15) is 11.8 Å². The Kier molecular flexibility index (Phi) is 14.3. The molecular formula is C7H17ClN2O2S. The van der Waals surface area contributed by atoms with E-state index < -0.39 is 6.04 Å². The predicted octanol–water partition coefficient (Wildman–Crippen LogP) is 0.729. The van der Waals surface area contributed by atoms with Crippen LogP contribution in [0.15, 0.2) is 0 Å². The van der Waals surface area contributed by atoms with Crippen LogP contribution in [0.4, 0.5) is 0 Å². The van der Waals surface area contributed by atoms with E-state index in [2.05, 4.69) is 17.0 Å². The maximum atomic E-state index is 10.9. The van der Waals surface area contributed by atoms with Crippen molar-refractivity contribution in [2.75, 3.05) is 18.6 Å². The summed E-state index contributed by atoms with van der Waals surface area (Å²) in [6.07, 6.45) is 2.68. The van der Waals surface area contributed by atoms with Crippen molar-refractivity contribution in [3.63, 3.8) is 0 Å². The second-order valence-electron chi connectivity index (χ2n) is 2.14. The van der Waals surface area contributed by atoms with Crippen molar-refractivity contribution in [1.29, 1.82) is 0 Å². The molecule has 0 rings (SSSR count). The van der Waals surface area contributed by atoms with Gasteiger partial charge in [-0.15, -0.1) is 0 Å². The van der Waals surface area contributed by atoms with Crippen LogP contribution in [0.2, 0.25) is 0 Å². The highest BCUT2D eigenvalue weighted by atomic mass is 35.5. The van der Waals surface area contributed by atoms with E-state index in [1.165, 1.54) is 0 Å². The number of thioether (sulfide) groups is 1. The van der Waals surface area contributed by atoms with Crippen molar-refractivity contribution in [1.82, 2.24) is 0 Å². The summed E-state index contributed by atoms with van der Waals surface area (Å²) in [5, 5.41) is 3.97. The molecule has 1 atom stereocenters. The van der Waals surface area contributed by atoms with Crippen LogP contribution in [-0.2, 0) is 9.53 Å². The lowest BCUT2D eigenvalue weighted by molar-refractivity contribution is -0.144. The Morgan fingerprint density at radius 3 is 2.54 bits per heavy atom. The Morgan fingerprint density at radius 2 is 2.15 bits per heavy atom. The van der Waals surface area contributed by atoms with E-state index in [-0.39, 0.29) is 5.97 Å². The predicted molar refractivity (Wildman–Crippen MR) is 57.6 cm³/mol. The third kappa shape index (κ3) is 9.95. The molecule has 0 saturated heterocycles. The number of rotatable bonds is 5. The van der Waals surface area contributed by atoms with Crippen LogP contribution in [0, 0.1) is 0 Å². The zero-order valence-electron chi connectivity index (χ0n) is 7.96. The van der Waals surface area contributed by atoms with Crippen molar-refractivity contribution in [2.45, 2.75) is 19.4 Å². The van der Waals surface area contributed by atoms with Gasteiger partial charge in [0.15, 0.2) is 0 Å². The minimum atomic E-state index is -0.442. The van der Waals surface area contributed by atoms with Gasteiger partial charge in [0, 0.05) is 0 Å². The molecule has 6 heteroatoms. The number of carbonyl (C=O) groups is 1. The normalized spacial score (nSPS) is 11.2. The van der Waals surface area contributed by atoms with E-state index in [1.54, 1.807) is 18.7 Å². The molecule has 0 spiro atoms. The number of hydrogen-bond acceptors (Lipinski definition) is 5. The van der Waals surface area contributed by atoms with Gasteiger partial charge in [0.25, 0.3) is 0 Å². The van der Waals surface area contributed by atoms with E-state index in [9.17, 15) is 4.79 Å². The number of halogens is 1. The lowest BCUT2D eigenvalue weighted by Crippen LogP contribution is -2.32. The van der Waals surface area contributed by atoms with Crippen molar-refractivity contribution < 1.29 is 9.53 Å². The summed E-state index contributed by atoms with van der Waals surface area (Å²) >= 11 is 5.82. The molecule has 0 aliphatic rings. The van der Waals surface area contributed by atoms with Crippen LogP contribution < -0.4 is 11.0 Å². The zero-order chi connectivity index (χ0) is 10.7. The molecule has 0 radical (unpaired) electrons. The van der Waals surface area contributed by atoms with Crippen molar-refractivity contribution >= 4 is 29.5 Å². The van der Waals surface area contributed by atoms with Gasteiger partial charge >= 0.3 is 5.97 Å². The molecule has 0 aliphatic heterocycles. The minimum absolute atomic E-state index is 0.290. The van der Waals surface area contributed by atoms with E-state index in [1.807, 2.05) is 6.26 Å². The maximum absolute atomic E-state index is 10.9. The van der Waals surface area contributed by atoms with Crippen LogP contribution in [0.5, 0.6) is 0 Å². The van der Waals surface area contributed by atoms with Crippen LogP contribution >= 0.6 is 23.5 Å². The molecular weight excluding hydrogens is 212 g/mol. The Labute approximate surface area is 88.4 Å². The average Bonchev–Trinajstić information content (AvgIpc) is 2.17. The highest BCUT2D eigenvalue weighted by Crippen LogP contribution is 1.99. The number of nitrogens with two attached hydrogens (primary N) is 2. The third-order valence-corrected chi connectivity index (χ3v) is 1.87. The summed E-state index contributed by atoms with van der Waals surface area (Å²) in [7, 11) is 0. The fourth-order valence-electron chi connectivity index (χ4n) is 0.612. The van der Waals surface area contributed by atoms with Crippen LogP contribution in [-0.4, -0.2) is 30.6 Å². The van der Waals surface area contributed by atoms with Crippen molar-refractivity contribution in [2.24, 2.45) is 11.0 Å². The fraction of sp³-hybridized carbons (Fsp3) is 0.857. The Balaban J connectivity index is 0. The van der Waals surface area contributed by atoms with Gasteiger partial charge < -0.3 is 10.5 Å². The van der Waals surface area contributed by atoms with E-state index in [0.29, 0.717) is 13.0 Å². The molecule has 4 N–H and O–H groups in total. The summed E-state index contributed by atoms with van der Waals surface area (Å²) in [5.41, 5.74) is 5.50. The largest absolute Gasteiger partial charge is 0.465 e. The summed E-state index contributed by atoms with van der Waals surface area (Å²) in [4.78, 5) is 10.9. The zero-order valence-corrected chi connectivity index (χ0v) is 9.53. The first-order chi connectivity index (χ1) is 6.22. The monoisotopic (exact) mass is 228 g/mol. The maximum Gasteiger partial charge on any atom is 0.322 e. The van der Waals surface area contributed by atoms with Gasteiger partial charge in [0.2, 0.25) is 0 Å². The molecule has 0 bridgehead atoms. The molecule has 0 heterocycles. The second kappa shape index (κ2) is 12.0. The Hall–Kier alpha value is 0.0300. The summed E-state index contributed by atoms with van der Waals surface area (Å²) in [6.45, 7) is 2.19. The molecule has 0 fully saturated rings. The molecule has 0 unspecified atom stereocenters. The minimum Gasteiger partial charge on any atom is -0.465 e. The molecule has 0 aliphatic carbocycles. The van der Waals surface area contributed by atoms with Gasteiger partial charge in [0.05, 0.1) is 6.61 Å². The third-order valence-electron chi connectivity index (χ3n) is 1.22. The summed E-state index contributed by atoms with van der Waals surface area (Å²) < 4.78 is 4.73. The van der Waals surface area contributed by atoms with Gasteiger partial charge in [-0.05, 0) is 37.1 Å². The SMILES string of the molecule is CCOC(=O)[C@@H](N)CCSC.NCl. The molecule has 0 aromatic carbocycles. The molecule has 80 valence electrons. The molecule has 0 saturated carbocycles. The molecule has 4 nitrogen and oxygen atoms in total. The molecule has 0 aromatic heterocycles. The van der Waals surface area contributed by atoms with Gasteiger partial charge in [-0.1, -0.05) is 0 Å². The van der Waals surface area contributed by atoms with Gasteiger partial charge in [0.1, 0.15) is 6.04 Å². The smallest absolute Gasteiger partial charge is 0.322 e. The number of esters is 1. The second-order valence-corrected chi connectivity index (χ2v) is 3.13. The average molecular weight is 229 g/mol. The van der Waals surface area contributed by atoms with Crippen LogP contribution in [0.1, 0.15) is 13.3 Å².